The third-order valence-electron chi connectivity index (χ3n) is 1.90. The maximum Gasteiger partial charge on any atom is 0.244 e. The van der Waals surface area contributed by atoms with Crippen molar-refractivity contribution in [3.05, 3.63) is 12.2 Å². The van der Waals surface area contributed by atoms with Crippen molar-refractivity contribution in [2.75, 3.05) is 7.05 Å². The van der Waals surface area contributed by atoms with E-state index in [-0.39, 0.29) is 11.8 Å². The maximum atomic E-state index is 11.4. The van der Waals surface area contributed by atoms with E-state index >= 15 is 0 Å². The van der Waals surface area contributed by atoms with Crippen LogP contribution >= 0.6 is 0 Å². The molecule has 0 aromatic heterocycles. The fourth-order valence-electron chi connectivity index (χ4n) is 1.25. The first-order valence-corrected chi connectivity index (χ1v) is 5.16. The molecule has 15 heavy (non-hydrogen) atoms. The monoisotopic (exact) mass is 212 g/mol. The van der Waals surface area contributed by atoms with Crippen molar-refractivity contribution in [2.45, 2.75) is 33.2 Å². The van der Waals surface area contributed by atoms with Gasteiger partial charge < -0.3 is 10.6 Å². The van der Waals surface area contributed by atoms with Crippen molar-refractivity contribution in [3.63, 3.8) is 0 Å². The molecule has 0 heterocycles. The molecule has 2 N–H and O–H groups in total. The lowest BCUT2D eigenvalue weighted by atomic mass is 10.0. The molecular weight excluding hydrogens is 192 g/mol. The number of hydrogen-bond donors (Lipinski definition) is 2. The summed E-state index contributed by atoms with van der Waals surface area (Å²) < 4.78 is 0. The second-order valence-electron chi connectivity index (χ2n) is 3.80. The Kier molecular flexibility index (Phi) is 6.42. The Bertz CT molecular complexity index is 247. The smallest absolute Gasteiger partial charge is 0.244 e. The van der Waals surface area contributed by atoms with Gasteiger partial charge in [-0.05, 0) is 25.3 Å². The Morgan fingerprint density at radius 2 is 1.93 bits per heavy atom. The van der Waals surface area contributed by atoms with E-state index in [0.29, 0.717) is 12.3 Å². The molecule has 0 fully saturated rings. The second kappa shape index (κ2) is 7.04. The van der Waals surface area contributed by atoms with E-state index in [1.165, 1.54) is 6.08 Å². The molecule has 1 atom stereocenters. The summed E-state index contributed by atoms with van der Waals surface area (Å²) in [6.07, 6.45) is 3.70. The highest BCUT2D eigenvalue weighted by atomic mass is 16.2. The van der Waals surface area contributed by atoms with Crippen molar-refractivity contribution in [2.24, 2.45) is 5.92 Å². The molecule has 1 unspecified atom stereocenters. The Labute approximate surface area is 91.1 Å². The van der Waals surface area contributed by atoms with Crippen LogP contribution in [0.2, 0.25) is 0 Å². The Morgan fingerprint density at radius 1 is 1.33 bits per heavy atom. The number of likely N-dealkylation sites (N-methyl/N-ethyl adjacent to an activating group) is 1. The third-order valence-corrected chi connectivity index (χ3v) is 1.90. The van der Waals surface area contributed by atoms with Crippen LogP contribution in [-0.4, -0.2) is 24.9 Å². The molecule has 0 saturated heterocycles. The fourth-order valence-corrected chi connectivity index (χ4v) is 1.25. The van der Waals surface area contributed by atoms with Crippen LogP contribution in [0.5, 0.6) is 0 Å². The third kappa shape index (κ3) is 5.88. The standard InChI is InChI=1S/C11H20N2O2/c1-5-6-10(14)13-9(7-8(2)3)11(15)12-4/h5-6,8-9H,7H2,1-4H3,(H,12,15)(H,13,14). The van der Waals surface area contributed by atoms with Gasteiger partial charge in [-0.25, -0.2) is 0 Å². The van der Waals surface area contributed by atoms with Crippen LogP contribution in [0.15, 0.2) is 12.2 Å². The van der Waals surface area contributed by atoms with Crippen LogP contribution < -0.4 is 10.6 Å². The van der Waals surface area contributed by atoms with Gasteiger partial charge in [0.1, 0.15) is 6.04 Å². The first-order valence-electron chi connectivity index (χ1n) is 5.16. The zero-order chi connectivity index (χ0) is 11.8. The van der Waals surface area contributed by atoms with Crippen molar-refractivity contribution >= 4 is 11.8 Å². The minimum absolute atomic E-state index is 0.151. The molecule has 0 saturated carbocycles. The quantitative estimate of drug-likeness (QED) is 0.663. The van der Waals surface area contributed by atoms with Crippen LogP contribution in [0.25, 0.3) is 0 Å². The van der Waals surface area contributed by atoms with E-state index < -0.39 is 6.04 Å². The van der Waals surface area contributed by atoms with Gasteiger partial charge in [0.25, 0.3) is 0 Å². The number of nitrogens with one attached hydrogen (secondary N) is 2. The minimum Gasteiger partial charge on any atom is -0.357 e. The van der Waals surface area contributed by atoms with Gasteiger partial charge in [-0.3, -0.25) is 9.59 Å². The highest BCUT2D eigenvalue weighted by molar-refractivity contribution is 5.92. The summed E-state index contributed by atoms with van der Waals surface area (Å²) in [5, 5.41) is 5.20. The van der Waals surface area contributed by atoms with Gasteiger partial charge in [0.2, 0.25) is 11.8 Å². The van der Waals surface area contributed by atoms with E-state index in [9.17, 15) is 9.59 Å². The fraction of sp³-hybridized carbons (Fsp3) is 0.636. The van der Waals surface area contributed by atoms with Crippen LogP contribution in [0, 0.1) is 5.92 Å². The summed E-state index contributed by atoms with van der Waals surface area (Å²) in [6, 6.07) is -0.446. The number of amides is 2. The van der Waals surface area contributed by atoms with Crippen molar-refractivity contribution in [1.82, 2.24) is 10.6 Å². The molecular formula is C11H20N2O2. The van der Waals surface area contributed by atoms with E-state index in [1.54, 1.807) is 20.0 Å². The van der Waals surface area contributed by atoms with E-state index in [4.69, 9.17) is 0 Å². The van der Waals surface area contributed by atoms with Crippen molar-refractivity contribution in [1.29, 1.82) is 0 Å². The number of rotatable bonds is 5. The molecule has 0 aromatic carbocycles. The topological polar surface area (TPSA) is 58.2 Å². The van der Waals surface area contributed by atoms with Gasteiger partial charge in [-0.15, -0.1) is 0 Å². The molecule has 86 valence electrons. The largest absolute Gasteiger partial charge is 0.357 e. The average Bonchev–Trinajstić information content (AvgIpc) is 2.15. The van der Waals surface area contributed by atoms with Gasteiger partial charge >= 0.3 is 0 Å². The normalized spacial score (nSPS) is 12.9. The molecule has 2 amide bonds. The molecule has 0 aliphatic rings. The van der Waals surface area contributed by atoms with E-state index in [2.05, 4.69) is 10.6 Å². The predicted octanol–water partition coefficient (Wildman–Crippen LogP) is 0.839. The summed E-state index contributed by atoms with van der Waals surface area (Å²) in [6.45, 7) is 5.78. The van der Waals surface area contributed by atoms with Gasteiger partial charge in [0.05, 0.1) is 0 Å². The highest BCUT2D eigenvalue weighted by Crippen LogP contribution is 2.04. The SMILES string of the molecule is CC=CC(=O)NC(CC(C)C)C(=O)NC. The molecule has 0 aromatic rings. The van der Waals surface area contributed by atoms with Crippen LogP contribution in [0.3, 0.4) is 0 Å². The number of allylic oxidation sites excluding steroid dienone is 1. The molecule has 0 spiro atoms. The van der Waals surface area contributed by atoms with Crippen LogP contribution in [0.1, 0.15) is 27.2 Å². The summed E-state index contributed by atoms with van der Waals surface area (Å²) in [5.74, 6) is -0.0218. The van der Waals surface area contributed by atoms with Gasteiger partial charge in [0, 0.05) is 7.05 Å². The van der Waals surface area contributed by atoms with E-state index in [1.807, 2.05) is 13.8 Å². The van der Waals surface area contributed by atoms with Crippen molar-refractivity contribution < 1.29 is 9.59 Å². The molecule has 0 aliphatic heterocycles. The van der Waals surface area contributed by atoms with Crippen LogP contribution in [0.4, 0.5) is 0 Å². The predicted molar refractivity (Wildman–Crippen MR) is 60.3 cm³/mol. The van der Waals surface area contributed by atoms with Gasteiger partial charge in [-0.1, -0.05) is 19.9 Å². The lowest BCUT2D eigenvalue weighted by Crippen LogP contribution is -2.45. The molecule has 0 aliphatic carbocycles. The van der Waals surface area contributed by atoms with Crippen molar-refractivity contribution in [3.8, 4) is 0 Å². The molecule has 4 heteroatoms. The maximum absolute atomic E-state index is 11.4. The summed E-state index contributed by atoms with van der Waals surface area (Å²) in [7, 11) is 1.57. The average molecular weight is 212 g/mol. The summed E-state index contributed by atoms with van der Waals surface area (Å²) >= 11 is 0. The molecule has 0 radical (unpaired) electrons. The Balaban J connectivity index is 4.36. The van der Waals surface area contributed by atoms with Crippen LogP contribution in [-0.2, 0) is 9.59 Å². The lowest BCUT2D eigenvalue weighted by Gasteiger charge is -2.18. The van der Waals surface area contributed by atoms with E-state index in [0.717, 1.165) is 0 Å². The first-order chi connectivity index (χ1) is 7.01. The number of carbonyl (C=O) groups excluding carboxylic acids is 2. The lowest BCUT2D eigenvalue weighted by molar-refractivity contribution is -0.127. The molecule has 0 rings (SSSR count). The molecule has 0 bridgehead atoms. The Hall–Kier alpha value is -1.32. The highest BCUT2D eigenvalue weighted by Gasteiger charge is 2.19. The Morgan fingerprint density at radius 3 is 2.33 bits per heavy atom. The first kappa shape index (κ1) is 13.7. The summed E-state index contributed by atoms with van der Waals surface area (Å²) in [4.78, 5) is 22.7. The number of hydrogen-bond acceptors (Lipinski definition) is 2. The van der Waals surface area contributed by atoms with Gasteiger partial charge in [-0.2, -0.15) is 0 Å². The molecule has 4 nitrogen and oxygen atoms in total. The zero-order valence-corrected chi connectivity index (χ0v) is 9.83. The summed E-state index contributed by atoms with van der Waals surface area (Å²) in [5.41, 5.74) is 0. The zero-order valence-electron chi connectivity index (χ0n) is 9.83. The minimum atomic E-state index is -0.446. The number of carbonyl (C=O) groups is 2. The van der Waals surface area contributed by atoms with Gasteiger partial charge in [0.15, 0.2) is 0 Å². The second-order valence-corrected chi connectivity index (χ2v) is 3.80.